The summed E-state index contributed by atoms with van der Waals surface area (Å²) in [5, 5.41) is 1.09. The summed E-state index contributed by atoms with van der Waals surface area (Å²) in [4.78, 5) is 7.93. The first-order chi connectivity index (χ1) is 6.19. The van der Waals surface area contributed by atoms with Gasteiger partial charge in [0.1, 0.15) is 0 Å². The monoisotopic (exact) mass is 216 g/mol. The highest BCUT2D eigenvalue weighted by atomic mass is 32.1. The number of anilines is 1. The van der Waals surface area contributed by atoms with Crippen molar-refractivity contribution in [1.82, 2.24) is 4.98 Å². The lowest BCUT2D eigenvalue weighted by atomic mass is 10.2. The van der Waals surface area contributed by atoms with Gasteiger partial charge >= 0.3 is 0 Å². The van der Waals surface area contributed by atoms with E-state index in [0.29, 0.717) is 0 Å². The second kappa shape index (κ2) is 4.86. The van der Waals surface area contributed by atoms with Crippen molar-refractivity contribution in [2.45, 2.75) is 25.5 Å². The molecule has 0 radical (unpaired) electrons. The van der Waals surface area contributed by atoms with Gasteiger partial charge in [-0.05, 0) is 6.42 Å². The molecule has 1 heterocycles. The molecule has 0 aromatic carbocycles. The van der Waals surface area contributed by atoms with Crippen molar-refractivity contribution in [2.24, 2.45) is 0 Å². The first-order valence-electron chi connectivity index (χ1n) is 4.45. The van der Waals surface area contributed by atoms with Crippen molar-refractivity contribution < 1.29 is 0 Å². The number of thiol groups is 1. The second-order valence-corrected chi connectivity index (χ2v) is 4.55. The van der Waals surface area contributed by atoms with E-state index in [4.69, 9.17) is 0 Å². The molecule has 4 heteroatoms. The molecule has 0 bridgehead atoms. The molecule has 0 aliphatic rings. The lowest BCUT2D eigenvalue weighted by Gasteiger charge is -2.05. The van der Waals surface area contributed by atoms with Gasteiger partial charge in [-0.3, -0.25) is 0 Å². The van der Waals surface area contributed by atoms with Crippen LogP contribution in [0.1, 0.15) is 23.9 Å². The number of aryl methyl sites for hydroxylation is 1. The third kappa shape index (κ3) is 2.61. The molecule has 74 valence electrons. The Morgan fingerprint density at radius 2 is 2.15 bits per heavy atom. The molecule has 1 aromatic heterocycles. The van der Waals surface area contributed by atoms with Gasteiger partial charge in [0, 0.05) is 24.7 Å². The van der Waals surface area contributed by atoms with Crippen LogP contribution in [0.25, 0.3) is 0 Å². The Hall–Kier alpha value is -0.220. The zero-order chi connectivity index (χ0) is 9.84. The molecule has 0 aliphatic heterocycles. The summed E-state index contributed by atoms with van der Waals surface area (Å²) in [5.74, 6) is 0.806. The third-order valence-electron chi connectivity index (χ3n) is 1.78. The van der Waals surface area contributed by atoms with Crippen LogP contribution < -0.4 is 4.90 Å². The Labute approximate surface area is 89.4 Å². The van der Waals surface area contributed by atoms with E-state index >= 15 is 0 Å². The van der Waals surface area contributed by atoms with Gasteiger partial charge in [0.2, 0.25) is 0 Å². The minimum absolute atomic E-state index is 0.806. The first kappa shape index (κ1) is 10.9. The SMILES string of the molecule is CCCc1nc(N(C)C)sc1CS. The standard InChI is InChI=1S/C9H16N2S2/c1-4-5-7-8(6-12)13-9(10-7)11(2)3/h12H,4-6H2,1-3H3. The van der Waals surface area contributed by atoms with Crippen molar-refractivity contribution in [3.8, 4) is 0 Å². The fourth-order valence-corrected chi connectivity index (χ4v) is 2.38. The summed E-state index contributed by atoms with van der Waals surface area (Å²) in [6, 6.07) is 0. The number of hydrogen-bond donors (Lipinski definition) is 1. The molecular formula is C9H16N2S2. The number of rotatable bonds is 4. The van der Waals surface area contributed by atoms with Crippen molar-refractivity contribution in [3.05, 3.63) is 10.6 Å². The number of nitrogens with zero attached hydrogens (tertiary/aromatic N) is 2. The van der Waals surface area contributed by atoms with Gasteiger partial charge in [0.15, 0.2) is 5.13 Å². The maximum atomic E-state index is 4.57. The van der Waals surface area contributed by atoms with Crippen LogP contribution in [0.5, 0.6) is 0 Å². The number of hydrogen-bond acceptors (Lipinski definition) is 4. The highest BCUT2D eigenvalue weighted by Crippen LogP contribution is 2.26. The largest absolute Gasteiger partial charge is 0.354 e. The Balaban J connectivity index is 2.90. The van der Waals surface area contributed by atoms with Gasteiger partial charge in [0.05, 0.1) is 5.69 Å². The van der Waals surface area contributed by atoms with E-state index in [9.17, 15) is 0 Å². The van der Waals surface area contributed by atoms with E-state index in [-0.39, 0.29) is 0 Å². The van der Waals surface area contributed by atoms with Crippen molar-refractivity contribution in [1.29, 1.82) is 0 Å². The predicted molar refractivity (Wildman–Crippen MR) is 63.1 cm³/mol. The van der Waals surface area contributed by atoms with Gasteiger partial charge < -0.3 is 4.90 Å². The first-order valence-corrected chi connectivity index (χ1v) is 5.90. The maximum Gasteiger partial charge on any atom is 0.185 e. The van der Waals surface area contributed by atoms with Gasteiger partial charge in [-0.1, -0.05) is 13.3 Å². The van der Waals surface area contributed by atoms with E-state index in [1.54, 1.807) is 11.3 Å². The second-order valence-electron chi connectivity index (χ2n) is 3.17. The summed E-state index contributed by atoms with van der Waals surface area (Å²) in [5.41, 5.74) is 1.23. The number of thiazole rings is 1. The summed E-state index contributed by atoms with van der Waals surface area (Å²) >= 11 is 6.05. The molecule has 1 aromatic rings. The average molecular weight is 216 g/mol. The van der Waals surface area contributed by atoms with Crippen LogP contribution in [0.3, 0.4) is 0 Å². The van der Waals surface area contributed by atoms with Crippen LogP contribution in [0.4, 0.5) is 5.13 Å². The van der Waals surface area contributed by atoms with E-state index in [0.717, 1.165) is 23.7 Å². The molecule has 0 aliphatic carbocycles. The molecule has 0 atom stereocenters. The average Bonchev–Trinajstić information content (AvgIpc) is 2.48. The summed E-state index contributed by atoms with van der Waals surface area (Å²) in [7, 11) is 4.05. The molecule has 0 amide bonds. The van der Waals surface area contributed by atoms with Crippen molar-refractivity contribution in [3.63, 3.8) is 0 Å². The normalized spacial score (nSPS) is 10.5. The summed E-state index contributed by atoms with van der Waals surface area (Å²) < 4.78 is 0. The minimum atomic E-state index is 0.806. The molecule has 0 fully saturated rings. The van der Waals surface area contributed by atoms with Gasteiger partial charge in [-0.15, -0.1) is 11.3 Å². The van der Waals surface area contributed by atoms with Crippen LogP contribution in [-0.4, -0.2) is 19.1 Å². The zero-order valence-electron chi connectivity index (χ0n) is 8.37. The molecule has 13 heavy (non-hydrogen) atoms. The zero-order valence-corrected chi connectivity index (χ0v) is 10.1. The van der Waals surface area contributed by atoms with E-state index in [1.165, 1.54) is 10.6 Å². The quantitative estimate of drug-likeness (QED) is 0.779. The molecule has 0 saturated heterocycles. The summed E-state index contributed by atoms with van der Waals surface area (Å²) in [6.45, 7) is 2.18. The lowest BCUT2D eigenvalue weighted by molar-refractivity contribution is 0.880. The molecule has 0 N–H and O–H groups in total. The van der Waals surface area contributed by atoms with Gasteiger partial charge in [-0.2, -0.15) is 12.6 Å². The van der Waals surface area contributed by atoms with Gasteiger partial charge in [0.25, 0.3) is 0 Å². The third-order valence-corrected chi connectivity index (χ3v) is 3.58. The Bertz CT molecular complexity index is 269. The van der Waals surface area contributed by atoms with Crippen molar-refractivity contribution >= 4 is 29.1 Å². The highest BCUT2D eigenvalue weighted by Gasteiger charge is 2.09. The smallest absolute Gasteiger partial charge is 0.185 e. The van der Waals surface area contributed by atoms with E-state index in [1.807, 2.05) is 14.1 Å². The fraction of sp³-hybridized carbons (Fsp3) is 0.667. The Morgan fingerprint density at radius 1 is 1.46 bits per heavy atom. The van der Waals surface area contributed by atoms with Crippen molar-refractivity contribution in [2.75, 3.05) is 19.0 Å². The minimum Gasteiger partial charge on any atom is -0.354 e. The summed E-state index contributed by atoms with van der Waals surface area (Å²) in [6.07, 6.45) is 2.22. The van der Waals surface area contributed by atoms with Crippen LogP contribution in [-0.2, 0) is 12.2 Å². The van der Waals surface area contributed by atoms with E-state index < -0.39 is 0 Å². The van der Waals surface area contributed by atoms with Crippen LogP contribution in [0.2, 0.25) is 0 Å². The molecular weight excluding hydrogens is 200 g/mol. The molecule has 2 nitrogen and oxygen atoms in total. The predicted octanol–water partition coefficient (Wildman–Crippen LogP) is 2.59. The highest BCUT2D eigenvalue weighted by molar-refractivity contribution is 7.79. The fourth-order valence-electron chi connectivity index (χ4n) is 1.12. The molecule has 0 saturated carbocycles. The topological polar surface area (TPSA) is 16.1 Å². The van der Waals surface area contributed by atoms with Crippen LogP contribution in [0.15, 0.2) is 0 Å². The number of aromatic nitrogens is 1. The lowest BCUT2D eigenvalue weighted by Crippen LogP contribution is -2.07. The van der Waals surface area contributed by atoms with E-state index in [2.05, 4.69) is 29.4 Å². The van der Waals surface area contributed by atoms with Crippen LogP contribution in [0, 0.1) is 0 Å². The molecule has 0 unspecified atom stereocenters. The molecule has 1 rings (SSSR count). The molecule has 0 spiro atoms. The van der Waals surface area contributed by atoms with Gasteiger partial charge in [-0.25, -0.2) is 4.98 Å². The Kier molecular flexibility index (Phi) is 4.06. The maximum absolute atomic E-state index is 4.57. The van der Waals surface area contributed by atoms with Crippen LogP contribution >= 0.6 is 24.0 Å². The Morgan fingerprint density at radius 3 is 2.62 bits per heavy atom.